The van der Waals surface area contributed by atoms with Crippen molar-refractivity contribution in [3.8, 4) is 5.40 Å². The number of amides is 1. The minimum Gasteiger partial charge on any atom is -0.396 e. The van der Waals surface area contributed by atoms with Crippen molar-refractivity contribution in [1.29, 1.82) is 5.26 Å². The van der Waals surface area contributed by atoms with Crippen LogP contribution in [0.15, 0.2) is 41.3 Å². The fraction of sp³-hybridized carbons (Fsp3) is 0.519. The molecule has 0 spiro atoms. The fourth-order valence-electron chi connectivity index (χ4n) is 4.57. The van der Waals surface area contributed by atoms with Crippen LogP contribution in [0.2, 0.25) is 0 Å². The lowest BCUT2D eigenvalue weighted by Gasteiger charge is -2.42. The lowest BCUT2D eigenvalue weighted by atomic mass is 9.79. The first kappa shape index (κ1) is 32.0. The van der Waals surface area contributed by atoms with E-state index in [9.17, 15) is 20.1 Å². The molecule has 6 N–H and O–H groups in total. The van der Waals surface area contributed by atoms with Gasteiger partial charge in [-0.25, -0.2) is 0 Å². The number of hydrogen-bond donors (Lipinski definition) is 6. The molecule has 0 aliphatic heterocycles. The molecule has 5 unspecified atom stereocenters. The molecule has 2 aromatic carbocycles. The highest BCUT2D eigenvalue weighted by Crippen LogP contribution is 2.32. The monoisotopic (exact) mass is 592 g/mol. The predicted molar refractivity (Wildman–Crippen MR) is 156 cm³/mol. The van der Waals surface area contributed by atoms with Gasteiger partial charge in [-0.1, -0.05) is 24.3 Å². The molecule has 5 atom stereocenters. The standard InChI is InChI=1S/C27H36N4O7S2/c1-17(33)30-24-22(14-18(15-32)25(34)26(24)35)38-13-12-37-11-10-36-9-8-29-27(39)31-21-6-7-23(40-16-28)20-5-3-2-4-19(20)21/h2-7,18,22,24-26,32,34-35H,8-15H2,1H3,(H,30,33)(H2,29,31,39). The summed E-state index contributed by atoms with van der Waals surface area (Å²) in [5.41, 5.74) is 0.848. The number of nitrogens with one attached hydrogen (secondary N) is 3. The molecule has 0 bridgehead atoms. The SMILES string of the molecule is CC(=O)NC1C(OCCOCCOCCNC(=S)Nc2ccc(SC#N)c3ccccc23)CC(CO)C(O)C1O. The number of nitriles is 1. The first-order valence-corrected chi connectivity index (χ1v) is 14.2. The molecule has 1 aliphatic rings. The third-order valence-corrected chi connectivity index (χ3v) is 7.41. The maximum absolute atomic E-state index is 11.5. The molecule has 218 valence electrons. The average molecular weight is 593 g/mol. The minimum atomic E-state index is -1.24. The lowest BCUT2D eigenvalue weighted by molar-refractivity contribution is -0.145. The summed E-state index contributed by atoms with van der Waals surface area (Å²) in [6.45, 7) is 3.18. The number of thioether (sulfide) groups is 1. The number of carbonyl (C=O) groups is 1. The van der Waals surface area contributed by atoms with E-state index >= 15 is 0 Å². The van der Waals surface area contributed by atoms with Crippen LogP contribution in [0.25, 0.3) is 10.8 Å². The number of aliphatic hydroxyl groups is 3. The zero-order valence-corrected chi connectivity index (χ0v) is 23.9. The van der Waals surface area contributed by atoms with Gasteiger partial charge in [0.2, 0.25) is 5.91 Å². The van der Waals surface area contributed by atoms with Gasteiger partial charge in [0, 0.05) is 42.0 Å². The molecule has 1 amide bonds. The number of ether oxygens (including phenoxy) is 3. The van der Waals surface area contributed by atoms with Gasteiger partial charge in [-0.2, -0.15) is 5.26 Å². The van der Waals surface area contributed by atoms with Crippen molar-refractivity contribution < 1.29 is 34.3 Å². The summed E-state index contributed by atoms with van der Waals surface area (Å²) in [7, 11) is 0. The second kappa shape index (κ2) is 16.7. The minimum absolute atomic E-state index is 0.216. The van der Waals surface area contributed by atoms with Crippen molar-refractivity contribution in [2.75, 3.05) is 51.5 Å². The molecule has 1 fully saturated rings. The summed E-state index contributed by atoms with van der Waals surface area (Å²) in [6, 6.07) is 10.8. The second-order valence-electron chi connectivity index (χ2n) is 9.25. The largest absolute Gasteiger partial charge is 0.396 e. The number of hydrogen-bond acceptors (Lipinski definition) is 10. The Balaban J connectivity index is 1.29. The van der Waals surface area contributed by atoms with Crippen LogP contribution in [0.1, 0.15) is 13.3 Å². The third kappa shape index (κ3) is 9.25. The van der Waals surface area contributed by atoms with Crippen LogP contribution in [-0.2, 0) is 19.0 Å². The highest BCUT2D eigenvalue weighted by Gasteiger charge is 2.44. The van der Waals surface area contributed by atoms with E-state index in [0.29, 0.717) is 37.9 Å². The molecule has 2 aromatic rings. The van der Waals surface area contributed by atoms with Gasteiger partial charge in [0.05, 0.1) is 51.3 Å². The molecule has 1 aliphatic carbocycles. The number of fused-ring (bicyclic) bond motifs is 1. The van der Waals surface area contributed by atoms with Crippen LogP contribution < -0.4 is 16.0 Å². The van der Waals surface area contributed by atoms with Gasteiger partial charge < -0.3 is 45.5 Å². The van der Waals surface area contributed by atoms with E-state index in [1.54, 1.807) is 0 Å². The maximum Gasteiger partial charge on any atom is 0.217 e. The summed E-state index contributed by atoms with van der Waals surface area (Å²) in [5, 5.41) is 52.5. The van der Waals surface area contributed by atoms with Gasteiger partial charge in [-0.15, -0.1) is 0 Å². The van der Waals surface area contributed by atoms with E-state index < -0.39 is 30.3 Å². The topological polar surface area (TPSA) is 165 Å². The van der Waals surface area contributed by atoms with Gasteiger partial charge in [-0.05, 0) is 47.9 Å². The molecular formula is C27H36N4O7S2. The van der Waals surface area contributed by atoms with Crippen molar-refractivity contribution in [2.45, 2.75) is 42.6 Å². The molecule has 0 saturated heterocycles. The normalized spacial score (nSPS) is 22.4. The maximum atomic E-state index is 11.5. The molecule has 13 heteroatoms. The Morgan fingerprint density at radius 2 is 1.77 bits per heavy atom. The molecule has 1 saturated carbocycles. The Morgan fingerprint density at radius 1 is 1.07 bits per heavy atom. The van der Waals surface area contributed by atoms with E-state index in [0.717, 1.165) is 33.1 Å². The number of thiocyanates is 1. The van der Waals surface area contributed by atoms with Crippen molar-refractivity contribution >= 4 is 51.5 Å². The van der Waals surface area contributed by atoms with Crippen LogP contribution in [-0.4, -0.2) is 96.9 Å². The Labute approximate surface area is 243 Å². The van der Waals surface area contributed by atoms with Gasteiger partial charge in [0.1, 0.15) is 11.5 Å². The molecule has 40 heavy (non-hydrogen) atoms. The van der Waals surface area contributed by atoms with Gasteiger partial charge in [0.15, 0.2) is 5.11 Å². The van der Waals surface area contributed by atoms with Crippen LogP contribution in [0, 0.1) is 16.6 Å². The van der Waals surface area contributed by atoms with Crippen molar-refractivity contribution in [1.82, 2.24) is 10.6 Å². The zero-order valence-electron chi connectivity index (χ0n) is 22.2. The number of rotatable bonds is 14. The zero-order chi connectivity index (χ0) is 28.9. The van der Waals surface area contributed by atoms with Gasteiger partial charge >= 0.3 is 0 Å². The molecule has 0 radical (unpaired) electrons. The summed E-state index contributed by atoms with van der Waals surface area (Å²) in [4.78, 5) is 12.4. The summed E-state index contributed by atoms with van der Waals surface area (Å²) < 4.78 is 16.9. The second-order valence-corrected chi connectivity index (χ2v) is 10.5. The fourth-order valence-corrected chi connectivity index (χ4v) is 5.30. The van der Waals surface area contributed by atoms with E-state index in [2.05, 4.69) is 21.4 Å². The number of thiocarbonyl (C=S) groups is 1. The van der Waals surface area contributed by atoms with Crippen LogP contribution in [0.5, 0.6) is 0 Å². The predicted octanol–water partition coefficient (Wildman–Crippen LogP) is 1.36. The van der Waals surface area contributed by atoms with Crippen LogP contribution in [0.4, 0.5) is 5.69 Å². The molecule has 3 rings (SSSR count). The van der Waals surface area contributed by atoms with E-state index in [1.165, 1.54) is 6.92 Å². The number of anilines is 1. The molecule has 0 aromatic heterocycles. The first-order valence-electron chi connectivity index (χ1n) is 13.0. The van der Waals surface area contributed by atoms with Gasteiger partial charge in [0.25, 0.3) is 0 Å². The number of benzene rings is 2. The van der Waals surface area contributed by atoms with Crippen molar-refractivity contribution in [3.63, 3.8) is 0 Å². The lowest BCUT2D eigenvalue weighted by Crippen LogP contribution is -2.61. The smallest absolute Gasteiger partial charge is 0.217 e. The van der Waals surface area contributed by atoms with Crippen LogP contribution >= 0.6 is 24.0 Å². The Hall–Kier alpha value is -2.54. The highest BCUT2D eigenvalue weighted by atomic mass is 32.2. The average Bonchev–Trinajstić information content (AvgIpc) is 2.94. The number of nitrogens with zero attached hydrogens (tertiary/aromatic N) is 1. The summed E-state index contributed by atoms with van der Waals surface area (Å²) >= 11 is 6.53. The number of aliphatic hydroxyl groups excluding tert-OH is 3. The van der Waals surface area contributed by atoms with Crippen LogP contribution in [0.3, 0.4) is 0 Å². The quantitative estimate of drug-likeness (QED) is 0.0809. The Morgan fingerprint density at radius 3 is 2.48 bits per heavy atom. The van der Waals surface area contributed by atoms with Crippen molar-refractivity contribution in [3.05, 3.63) is 36.4 Å². The molecule has 11 nitrogen and oxygen atoms in total. The van der Waals surface area contributed by atoms with Crippen molar-refractivity contribution in [2.24, 2.45) is 5.92 Å². The van der Waals surface area contributed by atoms with E-state index in [4.69, 9.17) is 31.7 Å². The first-order chi connectivity index (χ1) is 19.3. The summed E-state index contributed by atoms with van der Waals surface area (Å²) in [6.07, 6.45) is -2.64. The number of carbonyl (C=O) groups excluding carboxylic acids is 1. The third-order valence-electron chi connectivity index (χ3n) is 6.49. The van der Waals surface area contributed by atoms with E-state index in [1.807, 2.05) is 36.4 Å². The summed E-state index contributed by atoms with van der Waals surface area (Å²) in [5.74, 6) is -0.880. The Bertz CT molecular complexity index is 1170. The Kier molecular flexibility index (Phi) is 13.3. The highest BCUT2D eigenvalue weighted by molar-refractivity contribution is 8.04. The molecular weight excluding hydrogens is 556 g/mol. The van der Waals surface area contributed by atoms with E-state index in [-0.39, 0.29) is 25.7 Å². The molecule has 0 heterocycles. The van der Waals surface area contributed by atoms with Gasteiger partial charge in [-0.3, -0.25) is 4.79 Å².